The molecule has 1 aliphatic rings. The standard InChI is InChI=1S/C13H19N3O4/c1-10(2)19-12(17)15-6-3-11(4-7-15)20-13(18)16-8-5-14-9-16/h5,8-11H,3-4,6-7H2,1-2H3. The van der Waals surface area contributed by atoms with E-state index in [2.05, 4.69) is 4.98 Å². The van der Waals surface area contributed by atoms with Crippen LogP contribution in [0.2, 0.25) is 0 Å². The van der Waals surface area contributed by atoms with Gasteiger partial charge in [-0.1, -0.05) is 0 Å². The van der Waals surface area contributed by atoms with Crippen LogP contribution in [0.4, 0.5) is 9.59 Å². The first-order valence-corrected chi connectivity index (χ1v) is 6.70. The van der Waals surface area contributed by atoms with Crippen LogP contribution < -0.4 is 0 Å². The van der Waals surface area contributed by atoms with Gasteiger partial charge in [0, 0.05) is 38.3 Å². The predicted molar refractivity (Wildman–Crippen MR) is 70.3 cm³/mol. The SMILES string of the molecule is CC(C)OC(=O)N1CCC(OC(=O)n2ccnc2)CC1. The Morgan fingerprint density at radius 2 is 1.95 bits per heavy atom. The van der Waals surface area contributed by atoms with Crippen LogP contribution in [0.25, 0.3) is 0 Å². The molecule has 1 fully saturated rings. The molecule has 1 amide bonds. The first-order chi connectivity index (χ1) is 9.56. The number of hydrogen-bond donors (Lipinski definition) is 0. The molecule has 0 spiro atoms. The molecule has 2 heterocycles. The summed E-state index contributed by atoms with van der Waals surface area (Å²) in [6, 6.07) is 0. The molecular formula is C13H19N3O4. The Balaban J connectivity index is 1.77. The molecule has 7 nitrogen and oxygen atoms in total. The van der Waals surface area contributed by atoms with Crippen LogP contribution in [-0.4, -0.2) is 51.9 Å². The minimum Gasteiger partial charge on any atom is -0.447 e. The largest absolute Gasteiger partial charge is 0.447 e. The summed E-state index contributed by atoms with van der Waals surface area (Å²) in [5.41, 5.74) is 0. The Bertz CT molecular complexity index is 450. The molecule has 0 bridgehead atoms. The van der Waals surface area contributed by atoms with Crippen molar-refractivity contribution < 1.29 is 19.1 Å². The average molecular weight is 281 g/mol. The lowest BCUT2D eigenvalue weighted by Crippen LogP contribution is -2.42. The maximum Gasteiger partial charge on any atom is 0.419 e. The van der Waals surface area contributed by atoms with Gasteiger partial charge < -0.3 is 14.4 Å². The molecule has 0 aromatic carbocycles. The summed E-state index contributed by atoms with van der Waals surface area (Å²) in [7, 11) is 0. The van der Waals surface area contributed by atoms with Gasteiger partial charge in [0.15, 0.2) is 0 Å². The second-order valence-corrected chi connectivity index (χ2v) is 4.97. The van der Waals surface area contributed by atoms with E-state index in [1.807, 2.05) is 13.8 Å². The molecule has 1 aliphatic heterocycles. The van der Waals surface area contributed by atoms with Crippen molar-refractivity contribution >= 4 is 12.2 Å². The fraction of sp³-hybridized carbons (Fsp3) is 0.615. The van der Waals surface area contributed by atoms with Crippen molar-refractivity contribution in [1.29, 1.82) is 0 Å². The second-order valence-electron chi connectivity index (χ2n) is 4.97. The van der Waals surface area contributed by atoms with Gasteiger partial charge in [-0.25, -0.2) is 19.1 Å². The quantitative estimate of drug-likeness (QED) is 0.827. The number of likely N-dealkylation sites (tertiary alicyclic amines) is 1. The Morgan fingerprint density at radius 3 is 2.50 bits per heavy atom. The van der Waals surface area contributed by atoms with Gasteiger partial charge >= 0.3 is 12.2 Å². The number of carbonyl (C=O) groups is 2. The van der Waals surface area contributed by atoms with E-state index in [0.717, 1.165) is 0 Å². The highest BCUT2D eigenvalue weighted by Crippen LogP contribution is 2.15. The number of nitrogens with zero attached hydrogens (tertiary/aromatic N) is 3. The predicted octanol–water partition coefficient (Wildman–Crippen LogP) is 1.88. The molecule has 0 N–H and O–H groups in total. The van der Waals surface area contributed by atoms with Crippen LogP contribution in [0.15, 0.2) is 18.7 Å². The number of piperidine rings is 1. The molecule has 7 heteroatoms. The van der Waals surface area contributed by atoms with E-state index >= 15 is 0 Å². The van der Waals surface area contributed by atoms with E-state index in [1.54, 1.807) is 4.90 Å². The topological polar surface area (TPSA) is 73.7 Å². The van der Waals surface area contributed by atoms with Crippen LogP contribution in [0.5, 0.6) is 0 Å². The van der Waals surface area contributed by atoms with Crippen molar-refractivity contribution in [2.45, 2.75) is 38.9 Å². The van der Waals surface area contributed by atoms with E-state index in [4.69, 9.17) is 9.47 Å². The van der Waals surface area contributed by atoms with Crippen LogP contribution in [0.3, 0.4) is 0 Å². The summed E-state index contributed by atoms with van der Waals surface area (Å²) in [5, 5.41) is 0. The van der Waals surface area contributed by atoms with Crippen molar-refractivity contribution in [3.05, 3.63) is 18.7 Å². The average Bonchev–Trinajstić information content (AvgIpc) is 2.92. The summed E-state index contributed by atoms with van der Waals surface area (Å²) in [4.78, 5) is 28.9. The first-order valence-electron chi connectivity index (χ1n) is 6.70. The van der Waals surface area contributed by atoms with E-state index in [0.29, 0.717) is 25.9 Å². The maximum atomic E-state index is 11.7. The Morgan fingerprint density at radius 1 is 1.25 bits per heavy atom. The summed E-state index contributed by atoms with van der Waals surface area (Å²) < 4.78 is 11.8. The molecule has 0 unspecified atom stereocenters. The fourth-order valence-corrected chi connectivity index (χ4v) is 2.00. The van der Waals surface area contributed by atoms with Gasteiger partial charge in [-0.15, -0.1) is 0 Å². The van der Waals surface area contributed by atoms with Gasteiger partial charge in [0.25, 0.3) is 0 Å². The van der Waals surface area contributed by atoms with Gasteiger partial charge in [-0.05, 0) is 13.8 Å². The van der Waals surface area contributed by atoms with Crippen molar-refractivity contribution in [2.75, 3.05) is 13.1 Å². The first kappa shape index (κ1) is 14.4. The van der Waals surface area contributed by atoms with Crippen LogP contribution >= 0.6 is 0 Å². The number of ether oxygens (including phenoxy) is 2. The maximum absolute atomic E-state index is 11.7. The highest BCUT2D eigenvalue weighted by Gasteiger charge is 2.26. The van der Waals surface area contributed by atoms with E-state index in [-0.39, 0.29) is 18.3 Å². The molecule has 0 aliphatic carbocycles. The zero-order valence-electron chi connectivity index (χ0n) is 11.7. The number of aromatic nitrogens is 2. The smallest absolute Gasteiger partial charge is 0.419 e. The molecule has 20 heavy (non-hydrogen) atoms. The van der Waals surface area contributed by atoms with E-state index < -0.39 is 6.09 Å². The third kappa shape index (κ3) is 3.72. The fourth-order valence-electron chi connectivity index (χ4n) is 2.00. The summed E-state index contributed by atoms with van der Waals surface area (Å²) in [6.45, 7) is 4.70. The minimum absolute atomic E-state index is 0.126. The van der Waals surface area contributed by atoms with E-state index in [1.165, 1.54) is 23.3 Å². The number of amides is 1. The van der Waals surface area contributed by atoms with Crippen molar-refractivity contribution in [3.63, 3.8) is 0 Å². The van der Waals surface area contributed by atoms with Crippen LogP contribution in [0, 0.1) is 0 Å². The Hall–Kier alpha value is -2.05. The highest BCUT2D eigenvalue weighted by atomic mass is 16.6. The lowest BCUT2D eigenvalue weighted by Gasteiger charge is -2.31. The molecular weight excluding hydrogens is 262 g/mol. The second kappa shape index (κ2) is 6.40. The molecule has 0 atom stereocenters. The summed E-state index contributed by atoms with van der Waals surface area (Å²) in [6.07, 6.45) is 4.65. The normalized spacial score (nSPS) is 16.2. The molecule has 0 saturated carbocycles. The van der Waals surface area contributed by atoms with Crippen molar-refractivity contribution in [3.8, 4) is 0 Å². The monoisotopic (exact) mass is 281 g/mol. The van der Waals surface area contributed by atoms with Crippen molar-refractivity contribution in [2.24, 2.45) is 0 Å². The van der Waals surface area contributed by atoms with Crippen LogP contribution in [0.1, 0.15) is 26.7 Å². The lowest BCUT2D eigenvalue weighted by molar-refractivity contribution is 0.0344. The molecule has 0 radical (unpaired) electrons. The summed E-state index contributed by atoms with van der Waals surface area (Å²) >= 11 is 0. The molecule has 1 aromatic heterocycles. The zero-order valence-corrected chi connectivity index (χ0v) is 11.7. The van der Waals surface area contributed by atoms with Gasteiger partial charge in [0.2, 0.25) is 0 Å². The van der Waals surface area contributed by atoms with E-state index in [9.17, 15) is 9.59 Å². The number of rotatable bonds is 2. The van der Waals surface area contributed by atoms with Crippen LogP contribution in [-0.2, 0) is 9.47 Å². The summed E-state index contributed by atoms with van der Waals surface area (Å²) in [5.74, 6) is 0. The van der Waals surface area contributed by atoms with Gasteiger partial charge in [0.05, 0.1) is 6.10 Å². The Labute approximate surface area is 117 Å². The zero-order chi connectivity index (χ0) is 14.5. The number of hydrogen-bond acceptors (Lipinski definition) is 5. The molecule has 2 rings (SSSR count). The van der Waals surface area contributed by atoms with Crippen molar-refractivity contribution in [1.82, 2.24) is 14.5 Å². The number of carbonyl (C=O) groups excluding carboxylic acids is 2. The van der Waals surface area contributed by atoms with Gasteiger partial charge in [-0.2, -0.15) is 0 Å². The lowest BCUT2D eigenvalue weighted by atomic mass is 10.1. The number of imidazole rings is 1. The minimum atomic E-state index is -0.439. The molecule has 1 aromatic rings. The Kier molecular flexibility index (Phi) is 4.60. The molecule has 110 valence electrons. The van der Waals surface area contributed by atoms with Gasteiger partial charge in [-0.3, -0.25) is 0 Å². The third-order valence-electron chi connectivity index (χ3n) is 3.02. The highest BCUT2D eigenvalue weighted by molar-refractivity contribution is 5.70. The third-order valence-corrected chi connectivity index (χ3v) is 3.02. The van der Waals surface area contributed by atoms with Gasteiger partial charge in [0.1, 0.15) is 12.4 Å². The molecule has 1 saturated heterocycles.